The lowest BCUT2D eigenvalue weighted by Gasteiger charge is -1.97. The van der Waals surface area contributed by atoms with Crippen LogP contribution in [0.1, 0.15) is 181 Å². The highest BCUT2D eigenvalue weighted by Crippen LogP contribution is 2.08. The highest BCUT2D eigenvalue weighted by atomic mass is 16.4. The van der Waals surface area contributed by atoms with E-state index in [0.29, 0.717) is 12.8 Å². The molecule has 0 aromatic heterocycles. The largest absolute Gasteiger partial charge is 0.481 e. The van der Waals surface area contributed by atoms with Gasteiger partial charge in [0.15, 0.2) is 0 Å². The fraction of sp³-hybridized carbons (Fsp3) is 0.737. The summed E-state index contributed by atoms with van der Waals surface area (Å²) < 4.78 is 0. The average molecular weight is 583 g/mol. The molecule has 42 heavy (non-hydrogen) atoms. The van der Waals surface area contributed by atoms with Crippen molar-refractivity contribution in [3.8, 4) is 48.4 Å². The predicted octanol–water partition coefficient (Wildman–Crippen LogP) is 10.6. The molecule has 2 N–H and O–H groups in total. The Morgan fingerprint density at radius 3 is 1.05 bits per heavy atom. The van der Waals surface area contributed by atoms with Gasteiger partial charge >= 0.3 is 11.9 Å². The molecule has 0 aliphatic heterocycles. The van der Waals surface area contributed by atoms with Crippen molar-refractivity contribution < 1.29 is 19.8 Å². The molecule has 4 nitrogen and oxygen atoms in total. The van der Waals surface area contributed by atoms with Crippen LogP contribution < -0.4 is 0 Å². The summed E-state index contributed by atoms with van der Waals surface area (Å²) in [6.45, 7) is 4.45. The van der Waals surface area contributed by atoms with E-state index < -0.39 is 11.9 Å². The van der Waals surface area contributed by atoms with Crippen LogP contribution in [0.15, 0.2) is 0 Å². The van der Waals surface area contributed by atoms with Gasteiger partial charge in [-0.1, -0.05) is 116 Å². The van der Waals surface area contributed by atoms with Gasteiger partial charge in [-0.05, 0) is 50.4 Å². The summed E-state index contributed by atoms with van der Waals surface area (Å²) in [4.78, 5) is 20.4. The predicted molar refractivity (Wildman–Crippen MR) is 180 cm³/mol. The molecule has 0 radical (unpaired) electrons. The van der Waals surface area contributed by atoms with Crippen molar-refractivity contribution in [3.05, 3.63) is 0 Å². The van der Waals surface area contributed by atoms with E-state index in [4.69, 9.17) is 23.1 Å². The van der Waals surface area contributed by atoms with Crippen molar-refractivity contribution in [2.24, 2.45) is 0 Å². The van der Waals surface area contributed by atoms with Crippen molar-refractivity contribution in [2.45, 2.75) is 181 Å². The van der Waals surface area contributed by atoms with E-state index in [1.165, 1.54) is 64.2 Å². The zero-order valence-electron chi connectivity index (χ0n) is 27.3. The van der Waals surface area contributed by atoms with Crippen LogP contribution >= 0.6 is 0 Å². The van der Waals surface area contributed by atoms with Crippen molar-refractivity contribution in [1.29, 1.82) is 0 Å². The smallest absolute Gasteiger partial charge is 0.303 e. The second-order valence-corrected chi connectivity index (χ2v) is 10.7. The third kappa shape index (κ3) is 53.4. The standard InChI is InChI=1S/C19H30O2.C10H16O2.C9H16/c1-2-3-4-5-6-7-8-9-10-11-12-13-14-15-16-17-18-19(20)21;1-2-3-4-5-6-7-8-9-10(11)12;1-3-5-7-9-8-6-4-2/h2-7,12-18H2,1H3,(H,20,21);1H,3-9H2,(H,11,12);1H,4-9H2,2H3. The zero-order valence-corrected chi connectivity index (χ0v) is 27.3. The highest BCUT2D eigenvalue weighted by Gasteiger charge is 1.96. The van der Waals surface area contributed by atoms with Gasteiger partial charge in [-0.15, -0.1) is 24.7 Å². The molecule has 4 heteroatoms. The Bertz CT molecular complexity index is 791. The molecule has 0 atom stereocenters. The monoisotopic (exact) mass is 582 g/mol. The van der Waals surface area contributed by atoms with Crippen LogP contribution in [0.2, 0.25) is 0 Å². The van der Waals surface area contributed by atoms with E-state index in [1.54, 1.807) is 0 Å². The van der Waals surface area contributed by atoms with E-state index in [9.17, 15) is 9.59 Å². The first-order valence-corrected chi connectivity index (χ1v) is 16.7. The summed E-state index contributed by atoms with van der Waals surface area (Å²) in [5.74, 6) is 15.9. The number of hydrogen-bond acceptors (Lipinski definition) is 2. The van der Waals surface area contributed by atoms with E-state index >= 15 is 0 Å². The third-order valence-corrected chi connectivity index (χ3v) is 6.47. The molecule has 0 fully saturated rings. The summed E-state index contributed by atoms with van der Waals surface area (Å²) in [6.07, 6.45) is 37.8. The Morgan fingerprint density at radius 2 is 0.738 bits per heavy atom. The molecule has 0 saturated heterocycles. The Kier molecular flexibility index (Phi) is 44.3. The van der Waals surface area contributed by atoms with Crippen molar-refractivity contribution in [2.75, 3.05) is 0 Å². The van der Waals surface area contributed by atoms with Crippen molar-refractivity contribution >= 4 is 11.9 Å². The Morgan fingerprint density at radius 1 is 0.452 bits per heavy atom. The van der Waals surface area contributed by atoms with Gasteiger partial charge in [0, 0.05) is 38.5 Å². The average Bonchev–Trinajstić information content (AvgIpc) is 2.97. The number of unbranched alkanes of at least 4 members (excludes halogenated alkanes) is 20. The number of carboxylic acid groups (broad SMARTS) is 2. The van der Waals surface area contributed by atoms with Crippen LogP contribution in [0.4, 0.5) is 0 Å². The van der Waals surface area contributed by atoms with Gasteiger partial charge in [0.2, 0.25) is 0 Å². The minimum atomic E-state index is -0.696. The van der Waals surface area contributed by atoms with Crippen LogP contribution in [0, 0.1) is 48.4 Å². The second-order valence-electron chi connectivity index (χ2n) is 10.7. The summed E-state index contributed by atoms with van der Waals surface area (Å²) in [5.41, 5.74) is 0. The third-order valence-electron chi connectivity index (χ3n) is 6.47. The van der Waals surface area contributed by atoms with E-state index in [-0.39, 0.29) is 0 Å². The molecule has 0 unspecified atom stereocenters. The molecule has 0 bridgehead atoms. The maximum Gasteiger partial charge on any atom is 0.303 e. The van der Waals surface area contributed by atoms with Gasteiger partial charge in [-0.3, -0.25) is 9.59 Å². The molecule has 0 aliphatic rings. The molecule has 0 saturated carbocycles. The SMILES string of the molecule is C#CCCCCCCC.C#CCCCCCCCC(=O)O.CCCCCCCC#CC#CCCCCCCCC(=O)O. The summed E-state index contributed by atoms with van der Waals surface area (Å²) >= 11 is 0. The van der Waals surface area contributed by atoms with Gasteiger partial charge in [-0.2, -0.15) is 0 Å². The van der Waals surface area contributed by atoms with Crippen LogP contribution in [0.25, 0.3) is 0 Å². The first kappa shape index (κ1) is 43.6. The number of hydrogen-bond donors (Lipinski definition) is 2. The maximum absolute atomic E-state index is 10.3. The van der Waals surface area contributed by atoms with E-state index in [1.807, 2.05) is 0 Å². The maximum atomic E-state index is 10.3. The van der Waals surface area contributed by atoms with Crippen LogP contribution in [0.3, 0.4) is 0 Å². The fourth-order valence-corrected chi connectivity index (χ4v) is 3.91. The molecule has 0 aromatic carbocycles. The first-order chi connectivity index (χ1) is 20.5. The molecule has 0 aliphatic carbocycles. The van der Waals surface area contributed by atoms with Crippen LogP contribution in [-0.2, 0) is 9.59 Å². The minimum absolute atomic E-state index is 0.299. The molecule has 0 amide bonds. The molecule has 0 rings (SSSR count). The molecule has 0 spiro atoms. The van der Waals surface area contributed by atoms with Crippen molar-refractivity contribution in [3.63, 3.8) is 0 Å². The van der Waals surface area contributed by atoms with E-state index in [0.717, 1.165) is 89.9 Å². The second kappa shape index (κ2) is 42.6. The number of terminal acetylenes is 2. The molecule has 238 valence electrons. The quantitative estimate of drug-likeness (QED) is 0.0877. The Balaban J connectivity index is -0.000000609. The minimum Gasteiger partial charge on any atom is -0.481 e. The normalized spacial score (nSPS) is 9.24. The lowest BCUT2D eigenvalue weighted by molar-refractivity contribution is -0.138. The van der Waals surface area contributed by atoms with Gasteiger partial charge < -0.3 is 10.2 Å². The van der Waals surface area contributed by atoms with Gasteiger partial charge in [0.25, 0.3) is 0 Å². The molecule has 0 aromatic rings. The zero-order chi connectivity index (χ0) is 31.8. The van der Waals surface area contributed by atoms with Crippen LogP contribution in [0.5, 0.6) is 0 Å². The number of rotatable bonds is 24. The van der Waals surface area contributed by atoms with Crippen molar-refractivity contribution in [1.82, 2.24) is 0 Å². The highest BCUT2D eigenvalue weighted by molar-refractivity contribution is 5.66. The number of carbonyl (C=O) groups is 2. The summed E-state index contributed by atoms with van der Waals surface area (Å²) in [6, 6.07) is 0. The molecular weight excluding hydrogens is 520 g/mol. The molecule has 0 heterocycles. The Labute approximate surface area is 260 Å². The number of carboxylic acids is 2. The Hall–Kier alpha value is -2.82. The summed E-state index contributed by atoms with van der Waals surface area (Å²) in [5, 5.41) is 16.8. The van der Waals surface area contributed by atoms with Gasteiger partial charge in [0.1, 0.15) is 0 Å². The lowest BCUT2D eigenvalue weighted by atomic mass is 10.1. The number of aliphatic carboxylic acids is 2. The van der Waals surface area contributed by atoms with Crippen LogP contribution in [-0.4, -0.2) is 22.2 Å². The van der Waals surface area contributed by atoms with E-state index in [2.05, 4.69) is 49.4 Å². The molecular formula is C38H62O4. The topological polar surface area (TPSA) is 74.6 Å². The lowest BCUT2D eigenvalue weighted by Crippen LogP contribution is -1.93. The van der Waals surface area contributed by atoms with Gasteiger partial charge in [-0.25, -0.2) is 0 Å². The first-order valence-electron chi connectivity index (χ1n) is 16.7. The van der Waals surface area contributed by atoms with Gasteiger partial charge in [0.05, 0.1) is 0 Å². The fourth-order valence-electron chi connectivity index (χ4n) is 3.91. The summed E-state index contributed by atoms with van der Waals surface area (Å²) in [7, 11) is 0.